The second-order valence-corrected chi connectivity index (χ2v) is 6.94. The van der Waals surface area contributed by atoms with Crippen LogP contribution in [-0.2, 0) is 11.0 Å². The Bertz CT molecular complexity index is 477. The van der Waals surface area contributed by atoms with Gasteiger partial charge in [-0.15, -0.1) is 0 Å². The van der Waals surface area contributed by atoms with Gasteiger partial charge in [0.05, 0.1) is 15.7 Å². The summed E-state index contributed by atoms with van der Waals surface area (Å²) in [6, 6.07) is 3.42. The normalized spacial score (nSPS) is 15.6. The van der Waals surface area contributed by atoms with Gasteiger partial charge in [0.15, 0.2) is 0 Å². The van der Waals surface area contributed by atoms with Crippen LogP contribution < -0.4 is 5.14 Å². The van der Waals surface area contributed by atoms with Gasteiger partial charge in [-0.3, -0.25) is 5.14 Å². The highest BCUT2D eigenvalue weighted by Gasteiger charge is 2.28. The van der Waals surface area contributed by atoms with Crippen LogP contribution in [0.25, 0.3) is 0 Å². The Balaban J connectivity index is 2.95. The van der Waals surface area contributed by atoms with Gasteiger partial charge in [0, 0.05) is 5.56 Å². The first-order valence-electron chi connectivity index (χ1n) is 5.89. The SMILES string of the molecule is C[C@@H](CC(C)(C)S(N)=O)c1ccc(C(F)F)cc1F. The van der Waals surface area contributed by atoms with Crippen LogP contribution in [0.15, 0.2) is 18.2 Å². The molecule has 0 spiro atoms. The van der Waals surface area contributed by atoms with Crippen molar-refractivity contribution < 1.29 is 17.4 Å². The van der Waals surface area contributed by atoms with Gasteiger partial charge in [-0.2, -0.15) is 0 Å². The number of benzene rings is 1. The fraction of sp³-hybridized carbons (Fsp3) is 0.538. The fourth-order valence-corrected chi connectivity index (χ4v) is 2.42. The van der Waals surface area contributed by atoms with Crippen molar-refractivity contribution in [3.63, 3.8) is 0 Å². The molecule has 0 aliphatic rings. The monoisotopic (exact) mass is 293 g/mol. The Labute approximate surface area is 113 Å². The minimum Gasteiger partial charge on any atom is -0.251 e. The predicted molar refractivity (Wildman–Crippen MR) is 70.8 cm³/mol. The summed E-state index contributed by atoms with van der Waals surface area (Å²) in [6.45, 7) is 5.21. The summed E-state index contributed by atoms with van der Waals surface area (Å²) in [6.07, 6.45) is -2.28. The molecule has 0 heterocycles. The lowest BCUT2D eigenvalue weighted by Crippen LogP contribution is -2.33. The van der Waals surface area contributed by atoms with Crippen molar-refractivity contribution in [1.29, 1.82) is 0 Å². The van der Waals surface area contributed by atoms with Crippen molar-refractivity contribution in [3.8, 4) is 0 Å². The molecule has 19 heavy (non-hydrogen) atoms. The molecule has 0 saturated heterocycles. The molecule has 0 fully saturated rings. The van der Waals surface area contributed by atoms with Gasteiger partial charge in [0.1, 0.15) is 5.82 Å². The first kappa shape index (κ1) is 16.2. The van der Waals surface area contributed by atoms with E-state index in [0.29, 0.717) is 12.0 Å². The summed E-state index contributed by atoms with van der Waals surface area (Å²) in [5, 5.41) is 5.38. The van der Waals surface area contributed by atoms with E-state index in [-0.39, 0.29) is 11.5 Å². The number of hydrogen-bond donors (Lipinski definition) is 1. The maximum absolute atomic E-state index is 13.8. The van der Waals surface area contributed by atoms with Crippen molar-refractivity contribution >= 4 is 11.0 Å². The second kappa shape index (κ2) is 6.05. The van der Waals surface area contributed by atoms with E-state index >= 15 is 0 Å². The van der Waals surface area contributed by atoms with Gasteiger partial charge in [0.25, 0.3) is 6.43 Å². The summed E-state index contributed by atoms with van der Waals surface area (Å²) in [7, 11) is -1.53. The molecule has 0 aliphatic heterocycles. The molecule has 108 valence electrons. The third kappa shape index (κ3) is 4.04. The molecular weight excluding hydrogens is 275 g/mol. The van der Waals surface area contributed by atoms with Gasteiger partial charge in [0.2, 0.25) is 0 Å². The lowest BCUT2D eigenvalue weighted by atomic mass is 9.90. The molecule has 0 bridgehead atoms. The number of rotatable bonds is 5. The lowest BCUT2D eigenvalue weighted by molar-refractivity contribution is 0.151. The third-order valence-electron chi connectivity index (χ3n) is 3.15. The minimum absolute atomic E-state index is 0.255. The maximum Gasteiger partial charge on any atom is 0.263 e. The molecule has 0 aliphatic carbocycles. The van der Waals surface area contributed by atoms with Gasteiger partial charge in [-0.25, -0.2) is 17.4 Å². The zero-order chi connectivity index (χ0) is 14.8. The molecular formula is C13H18F3NOS. The van der Waals surface area contributed by atoms with E-state index in [1.54, 1.807) is 20.8 Å². The standard InChI is InChI=1S/C13H18F3NOS/c1-8(7-13(2,3)19(17)18)10-5-4-9(12(15)16)6-11(10)14/h4-6,8,12H,7,17H2,1-3H3/t8-,19?/m0/s1. The van der Waals surface area contributed by atoms with Gasteiger partial charge < -0.3 is 0 Å². The first-order valence-corrected chi connectivity index (χ1v) is 7.10. The van der Waals surface area contributed by atoms with E-state index < -0.39 is 28.0 Å². The molecule has 0 aromatic heterocycles. The summed E-state index contributed by atoms with van der Waals surface area (Å²) in [5.41, 5.74) is -0.00182. The quantitative estimate of drug-likeness (QED) is 0.884. The van der Waals surface area contributed by atoms with Crippen LogP contribution in [0, 0.1) is 5.82 Å². The smallest absolute Gasteiger partial charge is 0.251 e. The first-order chi connectivity index (χ1) is 8.65. The molecule has 0 radical (unpaired) electrons. The van der Waals surface area contributed by atoms with Crippen LogP contribution in [-0.4, -0.2) is 8.96 Å². The number of alkyl halides is 2. The van der Waals surface area contributed by atoms with E-state index in [9.17, 15) is 17.4 Å². The molecule has 0 saturated carbocycles. The molecule has 1 aromatic rings. The van der Waals surface area contributed by atoms with Crippen molar-refractivity contribution in [3.05, 3.63) is 35.1 Å². The summed E-state index contributed by atoms with van der Waals surface area (Å²) >= 11 is 0. The highest BCUT2D eigenvalue weighted by molar-refractivity contribution is 7.84. The topological polar surface area (TPSA) is 43.1 Å². The summed E-state index contributed by atoms with van der Waals surface area (Å²) in [5.74, 6) is -0.918. The molecule has 1 aromatic carbocycles. The van der Waals surface area contributed by atoms with Crippen molar-refractivity contribution in [2.75, 3.05) is 0 Å². The van der Waals surface area contributed by atoms with Crippen LogP contribution in [0.2, 0.25) is 0 Å². The summed E-state index contributed by atoms with van der Waals surface area (Å²) < 4.78 is 49.4. The van der Waals surface area contributed by atoms with Crippen molar-refractivity contribution in [1.82, 2.24) is 0 Å². The largest absolute Gasteiger partial charge is 0.263 e. The van der Waals surface area contributed by atoms with E-state index in [1.165, 1.54) is 12.1 Å². The number of nitrogens with two attached hydrogens (primary N) is 1. The molecule has 2 N–H and O–H groups in total. The Hall–Kier alpha value is -0.880. The van der Waals surface area contributed by atoms with E-state index in [0.717, 1.165) is 6.07 Å². The minimum atomic E-state index is -2.69. The van der Waals surface area contributed by atoms with Gasteiger partial charge in [-0.05, 0) is 37.8 Å². The Morgan fingerprint density at radius 3 is 2.37 bits per heavy atom. The van der Waals surface area contributed by atoms with Crippen LogP contribution in [0.5, 0.6) is 0 Å². The molecule has 2 atom stereocenters. The Kier molecular flexibility index (Phi) is 5.15. The fourth-order valence-electron chi connectivity index (χ4n) is 2.01. The Morgan fingerprint density at radius 2 is 1.95 bits per heavy atom. The molecule has 2 nitrogen and oxygen atoms in total. The van der Waals surface area contributed by atoms with E-state index in [2.05, 4.69) is 0 Å². The third-order valence-corrected chi connectivity index (χ3v) is 4.41. The predicted octanol–water partition coefficient (Wildman–Crippen LogP) is 3.66. The van der Waals surface area contributed by atoms with Gasteiger partial charge in [-0.1, -0.05) is 19.1 Å². The van der Waals surface area contributed by atoms with E-state index in [4.69, 9.17) is 5.14 Å². The van der Waals surface area contributed by atoms with Crippen LogP contribution >= 0.6 is 0 Å². The second-order valence-electron chi connectivity index (χ2n) is 5.24. The van der Waals surface area contributed by atoms with Crippen LogP contribution in [0.3, 0.4) is 0 Å². The lowest BCUT2D eigenvalue weighted by Gasteiger charge is -2.25. The zero-order valence-electron chi connectivity index (χ0n) is 11.1. The highest BCUT2D eigenvalue weighted by Crippen LogP contribution is 2.31. The van der Waals surface area contributed by atoms with Crippen molar-refractivity contribution in [2.45, 2.75) is 44.3 Å². The molecule has 0 amide bonds. The zero-order valence-corrected chi connectivity index (χ0v) is 11.9. The molecule has 1 unspecified atom stereocenters. The maximum atomic E-state index is 13.8. The highest BCUT2D eigenvalue weighted by atomic mass is 32.2. The summed E-state index contributed by atoms with van der Waals surface area (Å²) in [4.78, 5) is 0. The molecule has 1 rings (SSSR count). The van der Waals surface area contributed by atoms with E-state index in [1.807, 2.05) is 0 Å². The number of hydrogen-bond acceptors (Lipinski definition) is 1. The average molecular weight is 293 g/mol. The number of halogens is 3. The Morgan fingerprint density at radius 1 is 1.37 bits per heavy atom. The van der Waals surface area contributed by atoms with Crippen molar-refractivity contribution in [2.24, 2.45) is 5.14 Å². The molecule has 6 heteroatoms. The van der Waals surface area contributed by atoms with Crippen LogP contribution in [0.4, 0.5) is 13.2 Å². The van der Waals surface area contributed by atoms with Crippen LogP contribution in [0.1, 0.15) is 50.7 Å². The van der Waals surface area contributed by atoms with Gasteiger partial charge >= 0.3 is 0 Å². The average Bonchev–Trinajstić information content (AvgIpc) is 2.27.